The Morgan fingerprint density at radius 1 is 0.655 bits per heavy atom. The van der Waals surface area contributed by atoms with Gasteiger partial charge in [0.1, 0.15) is 4.60 Å². The Bertz CT molecular complexity index is 1290. The highest BCUT2D eigenvalue weighted by molar-refractivity contribution is 9.11. The van der Waals surface area contributed by atoms with Crippen molar-refractivity contribution in [2.45, 2.75) is 0 Å². The van der Waals surface area contributed by atoms with Crippen molar-refractivity contribution in [2.75, 3.05) is 0 Å². The van der Waals surface area contributed by atoms with E-state index in [4.69, 9.17) is 0 Å². The molecule has 0 fully saturated rings. The molecule has 0 bridgehead atoms. The molecule has 29 heavy (non-hydrogen) atoms. The molecule has 0 unspecified atom stereocenters. The smallest absolute Gasteiger partial charge is 0.423 e. The van der Waals surface area contributed by atoms with Gasteiger partial charge in [0, 0.05) is 10.7 Å². The minimum atomic E-state index is -1.43. The number of halogens is 2. The molecule has 0 atom stereocenters. The van der Waals surface area contributed by atoms with Crippen LogP contribution < -0.4 is 5.46 Å². The first kappa shape index (κ1) is 20.0. The van der Waals surface area contributed by atoms with Crippen molar-refractivity contribution < 1.29 is 10.0 Å². The van der Waals surface area contributed by atoms with E-state index in [1.54, 1.807) is 12.3 Å². The number of hydrogen-bond donors (Lipinski definition) is 2. The van der Waals surface area contributed by atoms with E-state index in [2.05, 4.69) is 73.2 Å². The summed E-state index contributed by atoms with van der Waals surface area (Å²) < 4.78 is 1.86. The Labute approximate surface area is 185 Å². The minimum Gasteiger partial charge on any atom is -0.423 e. The van der Waals surface area contributed by atoms with E-state index in [0.717, 1.165) is 19.8 Å². The molecule has 0 saturated carbocycles. The molecule has 0 aliphatic rings. The summed E-state index contributed by atoms with van der Waals surface area (Å²) in [4.78, 5) is 3.95. The van der Waals surface area contributed by atoms with E-state index in [1.165, 1.54) is 21.5 Å². The lowest BCUT2D eigenvalue weighted by molar-refractivity contribution is 0.426. The molecular weight excluding hydrogens is 493 g/mol. The average molecular weight is 509 g/mol. The predicted molar refractivity (Wildman–Crippen MR) is 128 cm³/mol. The van der Waals surface area contributed by atoms with Crippen molar-refractivity contribution in [2.24, 2.45) is 0 Å². The molecule has 5 rings (SSSR count). The maximum absolute atomic E-state index is 9.29. The molecule has 2 N–H and O–H groups in total. The summed E-state index contributed by atoms with van der Waals surface area (Å²) in [5, 5.41) is 25.6. The van der Waals surface area contributed by atoms with Crippen LogP contribution in [0, 0.1) is 0 Å². The molecule has 142 valence electrons. The van der Waals surface area contributed by atoms with Gasteiger partial charge in [0.2, 0.25) is 0 Å². The third-order valence-corrected chi connectivity index (χ3v) is 5.69. The number of nitrogens with zero attached hydrogens (tertiary/aromatic N) is 1. The summed E-state index contributed by atoms with van der Waals surface area (Å²) >= 11 is 6.48. The Morgan fingerprint density at radius 3 is 1.97 bits per heavy atom. The van der Waals surface area contributed by atoms with E-state index < -0.39 is 7.12 Å². The topological polar surface area (TPSA) is 53.4 Å². The molecular formula is C23H16BBr2NO2. The summed E-state index contributed by atoms with van der Waals surface area (Å²) in [6.07, 6.45) is 1.74. The third kappa shape index (κ3) is 4.36. The Hall–Kier alpha value is -2.25. The van der Waals surface area contributed by atoms with Crippen molar-refractivity contribution in [3.63, 3.8) is 0 Å². The summed E-state index contributed by atoms with van der Waals surface area (Å²) in [6, 6.07) is 26.1. The van der Waals surface area contributed by atoms with Crippen molar-refractivity contribution in [3.8, 4) is 0 Å². The van der Waals surface area contributed by atoms with E-state index in [1.807, 2.05) is 36.4 Å². The predicted octanol–water partition coefficient (Wildman–Crippen LogP) is 5.43. The third-order valence-electron chi connectivity index (χ3n) is 4.76. The van der Waals surface area contributed by atoms with Gasteiger partial charge in [0.05, 0.1) is 0 Å². The fourth-order valence-corrected chi connectivity index (χ4v) is 3.83. The van der Waals surface area contributed by atoms with Crippen LogP contribution in [0.3, 0.4) is 0 Å². The Balaban J connectivity index is 0.000000216. The van der Waals surface area contributed by atoms with Gasteiger partial charge in [-0.3, -0.25) is 0 Å². The lowest BCUT2D eigenvalue weighted by atomic mass is 9.79. The molecule has 3 nitrogen and oxygen atoms in total. The largest absolute Gasteiger partial charge is 0.488 e. The fourth-order valence-electron chi connectivity index (χ4n) is 3.37. The van der Waals surface area contributed by atoms with Gasteiger partial charge in [0.15, 0.2) is 0 Å². The molecule has 0 radical (unpaired) electrons. The Kier molecular flexibility index (Phi) is 5.97. The van der Waals surface area contributed by atoms with Gasteiger partial charge in [0.25, 0.3) is 0 Å². The van der Waals surface area contributed by atoms with Crippen LogP contribution in [0.15, 0.2) is 94.1 Å². The quantitative estimate of drug-likeness (QED) is 0.180. The van der Waals surface area contributed by atoms with Crippen LogP contribution in [0.25, 0.3) is 32.3 Å². The standard InChI is InChI=1S/C18H13BO2.C5H3Br2N/c20-19(21)14-7-10-16-13(11-14)6-9-17-15-4-2-1-3-12(15)5-8-18(16)17;6-4-1-2-5(7)8-3-4/h1-11,20-21H;1-3H. The molecule has 0 aliphatic carbocycles. The highest BCUT2D eigenvalue weighted by Crippen LogP contribution is 2.30. The van der Waals surface area contributed by atoms with Gasteiger partial charge in [-0.15, -0.1) is 0 Å². The van der Waals surface area contributed by atoms with Gasteiger partial charge in [-0.25, -0.2) is 4.98 Å². The van der Waals surface area contributed by atoms with Gasteiger partial charge in [-0.1, -0.05) is 66.7 Å². The number of fused-ring (bicyclic) bond motifs is 5. The van der Waals surface area contributed by atoms with Crippen LogP contribution >= 0.6 is 31.9 Å². The van der Waals surface area contributed by atoms with Gasteiger partial charge in [-0.05, 0) is 81.8 Å². The van der Waals surface area contributed by atoms with Crippen LogP contribution in [-0.4, -0.2) is 22.2 Å². The zero-order chi connectivity index (χ0) is 20.4. The second-order valence-corrected chi connectivity index (χ2v) is 8.33. The van der Waals surface area contributed by atoms with Gasteiger partial charge < -0.3 is 10.0 Å². The molecule has 6 heteroatoms. The zero-order valence-electron chi connectivity index (χ0n) is 15.3. The van der Waals surface area contributed by atoms with Crippen LogP contribution in [-0.2, 0) is 0 Å². The number of hydrogen-bond acceptors (Lipinski definition) is 3. The van der Waals surface area contributed by atoms with Crippen molar-refractivity contribution in [1.29, 1.82) is 0 Å². The van der Waals surface area contributed by atoms with Crippen molar-refractivity contribution in [3.05, 3.63) is 94.1 Å². The van der Waals surface area contributed by atoms with E-state index in [9.17, 15) is 10.0 Å². The van der Waals surface area contributed by atoms with Crippen LogP contribution in [0.2, 0.25) is 0 Å². The zero-order valence-corrected chi connectivity index (χ0v) is 18.4. The lowest BCUT2D eigenvalue weighted by Crippen LogP contribution is -2.29. The summed E-state index contributed by atoms with van der Waals surface area (Å²) in [5.41, 5.74) is 0.516. The molecule has 5 aromatic rings. The second kappa shape index (κ2) is 8.63. The van der Waals surface area contributed by atoms with Gasteiger partial charge >= 0.3 is 7.12 Å². The van der Waals surface area contributed by atoms with Crippen molar-refractivity contribution >= 4 is 76.8 Å². The average Bonchev–Trinajstić information content (AvgIpc) is 2.75. The number of rotatable bonds is 1. The van der Waals surface area contributed by atoms with E-state index >= 15 is 0 Å². The molecule has 0 aliphatic heterocycles. The normalized spacial score (nSPS) is 10.8. The first-order valence-electron chi connectivity index (χ1n) is 9.00. The number of benzene rings is 4. The van der Waals surface area contributed by atoms with Gasteiger partial charge in [-0.2, -0.15) is 0 Å². The first-order chi connectivity index (χ1) is 14.0. The number of pyridine rings is 1. The molecule has 1 aromatic heterocycles. The Morgan fingerprint density at radius 2 is 1.31 bits per heavy atom. The van der Waals surface area contributed by atoms with Crippen LogP contribution in [0.4, 0.5) is 0 Å². The van der Waals surface area contributed by atoms with Crippen LogP contribution in [0.1, 0.15) is 0 Å². The van der Waals surface area contributed by atoms with Crippen LogP contribution in [0.5, 0.6) is 0 Å². The molecule has 0 spiro atoms. The molecule has 1 heterocycles. The van der Waals surface area contributed by atoms with E-state index in [-0.39, 0.29) is 0 Å². The maximum atomic E-state index is 9.29. The first-order valence-corrected chi connectivity index (χ1v) is 10.6. The number of aromatic nitrogens is 1. The fraction of sp³-hybridized carbons (Fsp3) is 0. The molecule has 0 amide bonds. The monoisotopic (exact) mass is 507 g/mol. The minimum absolute atomic E-state index is 0.516. The maximum Gasteiger partial charge on any atom is 0.488 e. The molecule has 4 aromatic carbocycles. The lowest BCUT2D eigenvalue weighted by Gasteiger charge is -2.09. The molecule has 0 saturated heterocycles. The summed E-state index contributed by atoms with van der Waals surface area (Å²) in [7, 11) is -1.43. The summed E-state index contributed by atoms with van der Waals surface area (Å²) in [6.45, 7) is 0. The summed E-state index contributed by atoms with van der Waals surface area (Å²) in [5.74, 6) is 0. The van der Waals surface area contributed by atoms with E-state index in [0.29, 0.717) is 5.46 Å². The highest BCUT2D eigenvalue weighted by atomic mass is 79.9. The SMILES string of the molecule is Brc1ccc(Br)nc1.OB(O)c1ccc2c(ccc3c4ccccc4ccc23)c1. The second-order valence-electron chi connectivity index (χ2n) is 6.60. The van der Waals surface area contributed by atoms with Crippen molar-refractivity contribution in [1.82, 2.24) is 4.98 Å². The highest BCUT2D eigenvalue weighted by Gasteiger charge is 2.12.